The summed E-state index contributed by atoms with van der Waals surface area (Å²) in [6.07, 6.45) is 0. The summed E-state index contributed by atoms with van der Waals surface area (Å²) in [7, 11) is 0. The number of hydrogen-bond acceptors (Lipinski definition) is 7. The monoisotopic (exact) mass is 427 g/mol. The zero-order valence-corrected chi connectivity index (χ0v) is 18.2. The Morgan fingerprint density at radius 1 is 0.933 bits per heavy atom. The van der Waals surface area contributed by atoms with Gasteiger partial charge < -0.3 is 30.1 Å². The van der Waals surface area contributed by atoms with Crippen LogP contribution in [0.1, 0.15) is 6.92 Å². The number of nitrogens with zero attached hydrogens (tertiary/aromatic N) is 5. The van der Waals surface area contributed by atoms with E-state index in [1.165, 1.54) is 5.69 Å². The quantitative estimate of drug-likeness (QED) is 0.697. The third-order valence-corrected chi connectivity index (χ3v) is 5.57. The van der Waals surface area contributed by atoms with Crippen molar-refractivity contribution in [3.8, 4) is 0 Å². The molecule has 2 saturated heterocycles. The normalized spacial score (nSPS) is 17.0. The second-order valence-corrected chi connectivity index (χ2v) is 7.71. The van der Waals surface area contributed by atoms with E-state index in [9.17, 15) is 0 Å². The van der Waals surface area contributed by atoms with Crippen LogP contribution in [0, 0.1) is 0 Å². The van der Waals surface area contributed by atoms with Gasteiger partial charge in [0.1, 0.15) is 11.6 Å². The first-order chi connectivity index (χ1) is 14.7. The molecule has 0 saturated carbocycles. The lowest BCUT2D eigenvalue weighted by Crippen LogP contribution is -2.47. The number of hydrogen-bond donors (Lipinski definition) is 2. The molecule has 2 N–H and O–H groups in total. The highest BCUT2D eigenvalue weighted by Crippen LogP contribution is 2.24. The van der Waals surface area contributed by atoms with Crippen molar-refractivity contribution in [2.45, 2.75) is 6.92 Å². The van der Waals surface area contributed by atoms with E-state index in [1.54, 1.807) is 0 Å². The van der Waals surface area contributed by atoms with E-state index in [2.05, 4.69) is 61.7 Å². The summed E-state index contributed by atoms with van der Waals surface area (Å²) < 4.78 is 5.50. The standard InChI is InChI=1S/C21H29N7OS/c1-2-22-21(30)25-20-23-18(16-19(24-20)28-12-14-29-15-13-28)27-10-8-26(9-11-27)17-6-4-3-5-7-17/h3-7,16H,2,8-15H2,1H3,(H2,22,23,24,25,30). The van der Waals surface area contributed by atoms with Gasteiger partial charge in [0.15, 0.2) is 5.11 Å². The highest BCUT2D eigenvalue weighted by molar-refractivity contribution is 7.80. The van der Waals surface area contributed by atoms with E-state index in [0.717, 1.165) is 57.4 Å². The van der Waals surface area contributed by atoms with Gasteiger partial charge in [-0.2, -0.15) is 9.97 Å². The van der Waals surface area contributed by atoms with Crippen LogP contribution in [0.5, 0.6) is 0 Å². The number of benzene rings is 1. The maximum absolute atomic E-state index is 5.50. The third-order valence-electron chi connectivity index (χ3n) is 5.32. The van der Waals surface area contributed by atoms with E-state index in [0.29, 0.717) is 24.3 Å². The molecule has 0 spiro atoms. The van der Waals surface area contributed by atoms with Crippen molar-refractivity contribution in [2.75, 3.05) is 79.0 Å². The number of thiocarbonyl (C=S) groups is 1. The number of ether oxygens (including phenoxy) is 1. The molecule has 3 heterocycles. The lowest BCUT2D eigenvalue weighted by molar-refractivity contribution is 0.122. The summed E-state index contributed by atoms with van der Waals surface area (Å²) in [4.78, 5) is 16.5. The molecular weight excluding hydrogens is 398 g/mol. The zero-order valence-electron chi connectivity index (χ0n) is 17.4. The highest BCUT2D eigenvalue weighted by Gasteiger charge is 2.22. The van der Waals surface area contributed by atoms with Crippen LogP contribution in [-0.2, 0) is 4.74 Å². The lowest BCUT2D eigenvalue weighted by atomic mass is 10.2. The number of para-hydroxylation sites is 1. The van der Waals surface area contributed by atoms with Crippen molar-refractivity contribution in [2.24, 2.45) is 0 Å². The first-order valence-corrected chi connectivity index (χ1v) is 11.0. The van der Waals surface area contributed by atoms with E-state index in [4.69, 9.17) is 26.9 Å². The van der Waals surface area contributed by atoms with Crippen LogP contribution in [0.2, 0.25) is 0 Å². The molecule has 0 atom stereocenters. The van der Waals surface area contributed by atoms with Crippen molar-refractivity contribution in [1.29, 1.82) is 0 Å². The van der Waals surface area contributed by atoms with Crippen molar-refractivity contribution in [3.05, 3.63) is 36.4 Å². The Labute approximate surface area is 183 Å². The Morgan fingerprint density at radius 3 is 2.17 bits per heavy atom. The molecule has 8 nitrogen and oxygen atoms in total. The van der Waals surface area contributed by atoms with Crippen molar-refractivity contribution >= 4 is 40.6 Å². The van der Waals surface area contributed by atoms with E-state index >= 15 is 0 Å². The lowest BCUT2D eigenvalue weighted by Gasteiger charge is -2.37. The van der Waals surface area contributed by atoms with Gasteiger partial charge in [-0.25, -0.2) is 0 Å². The summed E-state index contributed by atoms with van der Waals surface area (Å²) in [5.41, 5.74) is 1.27. The van der Waals surface area contributed by atoms with Crippen LogP contribution in [0.15, 0.2) is 36.4 Å². The average Bonchev–Trinajstić information content (AvgIpc) is 2.80. The predicted molar refractivity (Wildman–Crippen MR) is 126 cm³/mol. The van der Waals surface area contributed by atoms with Gasteiger partial charge in [-0.15, -0.1) is 0 Å². The molecule has 0 aliphatic carbocycles. The molecule has 0 bridgehead atoms. The number of rotatable bonds is 5. The number of anilines is 4. The van der Waals surface area contributed by atoms with E-state index < -0.39 is 0 Å². The summed E-state index contributed by atoms with van der Waals surface area (Å²) in [6.45, 7) is 9.59. The minimum absolute atomic E-state index is 0.533. The van der Waals surface area contributed by atoms with Crippen molar-refractivity contribution in [1.82, 2.24) is 15.3 Å². The number of morpholine rings is 1. The summed E-state index contributed by atoms with van der Waals surface area (Å²) in [5.74, 6) is 2.38. The SMILES string of the molecule is CCNC(=S)Nc1nc(N2CCOCC2)cc(N2CCN(c3ccccc3)CC2)n1. The molecule has 1 aromatic heterocycles. The Bertz CT molecular complexity index is 837. The third kappa shape index (κ3) is 5.09. The van der Waals surface area contributed by atoms with Gasteiger partial charge in [0.2, 0.25) is 5.95 Å². The number of aromatic nitrogens is 2. The Kier molecular flexibility index (Phi) is 6.81. The van der Waals surface area contributed by atoms with Gasteiger partial charge in [-0.1, -0.05) is 18.2 Å². The number of nitrogens with one attached hydrogen (secondary N) is 2. The molecule has 160 valence electrons. The molecule has 4 rings (SSSR count). The molecule has 2 aromatic rings. The summed E-state index contributed by atoms with van der Waals surface area (Å²) in [6, 6.07) is 12.7. The van der Waals surface area contributed by atoms with Gasteiger partial charge in [0.05, 0.1) is 13.2 Å². The van der Waals surface area contributed by atoms with Crippen molar-refractivity contribution < 1.29 is 4.74 Å². The van der Waals surface area contributed by atoms with Crippen LogP contribution in [0.4, 0.5) is 23.3 Å². The van der Waals surface area contributed by atoms with Crippen LogP contribution >= 0.6 is 12.2 Å². The fraction of sp³-hybridized carbons (Fsp3) is 0.476. The highest BCUT2D eigenvalue weighted by atomic mass is 32.1. The second-order valence-electron chi connectivity index (χ2n) is 7.30. The summed E-state index contributed by atoms with van der Waals surface area (Å²) in [5, 5.41) is 6.78. The van der Waals surface area contributed by atoms with Crippen LogP contribution in [-0.4, -0.2) is 74.1 Å². The van der Waals surface area contributed by atoms with Gasteiger partial charge >= 0.3 is 0 Å². The Morgan fingerprint density at radius 2 is 1.53 bits per heavy atom. The molecular formula is C21H29N7OS. The molecule has 0 amide bonds. The van der Waals surface area contributed by atoms with Gasteiger partial charge in [0, 0.05) is 57.6 Å². The second kappa shape index (κ2) is 9.90. The first kappa shape index (κ1) is 20.6. The first-order valence-electron chi connectivity index (χ1n) is 10.5. The topological polar surface area (TPSA) is 68.8 Å². The molecule has 0 radical (unpaired) electrons. The molecule has 0 unspecified atom stereocenters. The summed E-state index contributed by atoms with van der Waals surface area (Å²) >= 11 is 5.35. The average molecular weight is 428 g/mol. The van der Waals surface area contributed by atoms with Crippen LogP contribution in [0.25, 0.3) is 0 Å². The van der Waals surface area contributed by atoms with Crippen LogP contribution < -0.4 is 25.3 Å². The van der Waals surface area contributed by atoms with Crippen LogP contribution in [0.3, 0.4) is 0 Å². The largest absolute Gasteiger partial charge is 0.378 e. The molecule has 2 aliphatic heterocycles. The van der Waals surface area contributed by atoms with E-state index in [-0.39, 0.29) is 0 Å². The Balaban J connectivity index is 1.51. The Hall–Kier alpha value is -2.65. The number of piperazine rings is 1. The molecule has 1 aromatic carbocycles. The fourth-order valence-electron chi connectivity index (χ4n) is 3.73. The molecule has 2 aliphatic rings. The maximum Gasteiger partial charge on any atom is 0.232 e. The van der Waals surface area contributed by atoms with Crippen molar-refractivity contribution in [3.63, 3.8) is 0 Å². The minimum atomic E-state index is 0.533. The zero-order chi connectivity index (χ0) is 20.8. The van der Waals surface area contributed by atoms with Gasteiger partial charge in [0.25, 0.3) is 0 Å². The predicted octanol–water partition coefficient (Wildman–Crippen LogP) is 1.95. The molecule has 2 fully saturated rings. The fourth-order valence-corrected chi connectivity index (χ4v) is 3.97. The minimum Gasteiger partial charge on any atom is -0.378 e. The maximum atomic E-state index is 5.50. The molecule has 30 heavy (non-hydrogen) atoms. The van der Waals surface area contributed by atoms with Gasteiger partial charge in [-0.3, -0.25) is 0 Å². The smallest absolute Gasteiger partial charge is 0.232 e. The molecule has 9 heteroatoms. The van der Waals surface area contributed by atoms with Gasteiger partial charge in [-0.05, 0) is 31.3 Å². The van der Waals surface area contributed by atoms with E-state index in [1.807, 2.05) is 6.92 Å².